The monoisotopic (exact) mass is 428 g/mol. The Labute approximate surface area is 184 Å². The highest BCUT2D eigenvalue weighted by molar-refractivity contribution is 5.94. The van der Waals surface area contributed by atoms with Crippen LogP contribution in [0.2, 0.25) is 0 Å². The normalized spacial score (nSPS) is 10.9. The van der Waals surface area contributed by atoms with Gasteiger partial charge in [0.15, 0.2) is 0 Å². The van der Waals surface area contributed by atoms with E-state index in [1.54, 1.807) is 18.2 Å². The van der Waals surface area contributed by atoms with Crippen molar-refractivity contribution < 1.29 is 13.9 Å². The summed E-state index contributed by atoms with van der Waals surface area (Å²) in [4.78, 5) is 12.2. The maximum atomic E-state index is 12.9. The molecule has 0 bridgehead atoms. The van der Waals surface area contributed by atoms with Gasteiger partial charge in [-0.2, -0.15) is 10.2 Å². The molecule has 2 N–H and O–H groups in total. The van der Waals surface area contributed by atoms with Gasteiger partial charge in [0, 0.05) is 12.0 Å². The van der Waals surface area contributed by atoms with Gasteiger partial charge in [-0.3, -0.25) is 9.89 Å². The predicted molar refractivity (Wildman–Crippen MR) is 121 cm³/mol. The zero-order valence-corrected chi connectivity index (χ0v) is 17.2. The van der Waals surface area contributed by atoms with Gasteiger partial charge in [0.25, 0.3) is 5.91 Å². The summed E-state index contributed by atoms with van der Waals surface area (Å²) in [5.41, 5.74) is 6.08. The number of nitrogens with zero attached hydrogens (tertiary/aromatic N) is 2. The first-order valence-corrected chi connectivity index (χ1v) is 10.1. The summed E-state index contributed by atoms with van der Waals surface area (Å²) in [6, 6.07) is 25.1. The van der Waals surface area contributed by atoms with Crippen molar-refractivity contribution in [2.45, 2.75) is 6.42 Å². The molecule has 7 heteroatoms. The third-order valence-corrected chi connectivity index (χ3v) is 4.72. The Hall–Kier alpha value is -4.26. The smallest absolute Gasteiger partial charge is 0.289 e. The number of carbonyl (C=O) groups excluding carboxylic acids is 1. The molecule has 1 aromatic heterocycles. The number of carbonyl (C=O) groups is 1. The van der Waals surface area contributed by atoms with E-state index in [1.165, 1.54) is 23.9 Å². The minimum Gasteiger partial charge on any atom is -0.493 e. The Morgan fingerprint density at radius 1 is 1.03 bits per heavy atom. The summed E-state index contributed by atoms with van der Waals surface area (Å²) in [6.07, 6.45) is 2.27. The highest BCUT2D eigenvalue weighted by Gasteiger charge is 2.10. The van der Waals surface area contributed by atoms with E-state index in [2.05, 4.69) is 32.9 Å². The van der Waals surface area contributed by atoms with Crippen LogP contribution in [0.15, 0.2) is 90.0 Å². The molecule has 0 atom stereocenters. The van der Waals surface area contributed by atoms with Crippen LogP contribution >= 0.6 is 0 Å². The number of benzene rings is 3. The van der Waals surface area contributed by atoms with Crippen molar-refractivity contribution in [3.05, 3.63) is 108 Å². The predicted octanol–water partition coefficient (Wildman–Crippen LogP) is 4.60. The summed E-state index contributed by atoms with van der Waals surface area (Å²) >= 11 is 0. The SMILES string of the molecule is O=C(NN=Cc1ccc(F)cc1)c1cc(-c2ccc(OCCc3ccccc3)cc2)n[nH]1. The van der Waals surface area contributed by atoms with E-state index in [1.807, 2.05) is 42.5 Å². The van der Waals surface area contributed by atoms with E-state index >= 15 is 0 Å². The third-order valence-electron chi connectivity index (χ3n) is 4.72. The van der Waals surface area contributed by atoms with Gasteiger partial charge < -0.3 is 4.74 Å². The van der Waals surface area contributed by atoms with E-state index in [9.17, 15) is 9.18 Å². The number of halogens is 1. The van der Waals surface area contributed by atoms with Crippen LogP contribution in [0.5, 0.6) is 5.75 Å². The third kappa shape index (κ3) is 5.66. The second-order valence-electron chi connectivity index (χ2n) is 7.03. The average Bonchev–Trinajstić information content (AvgIpc) is 3.32. The van der Waals surface area contributed by atoms with Gasteiger partial charge in [0.2, 0.25) is 0 Å². The van der Waals surface area contributed by atoms with Crippen molar-refractivity contribution >= 4 is 12.1 Å². The zero-order chi connectivity index (χ0) is 22.2. The Morgan fingerprint density at radius 3 is 2.53 bits per heavy atom. The lowest BCUT2D eigenvalue weighted by atomic mass is 10.1. The van der Waals surface area contributed by atoms with Gasteiger partial charge >= 0.3 is 0 Å². The number of amides is 1. The first-order chi connectivity index (χ1) is 15.7. The van der Waals surface area contributed by atoms with Crippen LogP contribution in [-0.2, 0) is 6.42 Å². The van der Waals surface area contributed by atoms with Crippen molar-refractivity contribution in [2.24, 2.45) is 5.10 Å². The van der Waals surface area contributed by atoms with Crippen LogP contribution in [0.1, 0.15) is 21.6 Å². The van der Waals surface area contributed by atoms with Gasteiger partial charge in [-0.1, -0.05) is 42.5 Å². The fraction of sp³-hybridized carbons (Fsp3) is 0.0800. The van der Waals surface area contributed by atoms with Gasteiger partial charge in [-0.25, -0.2) is 9.82 Å². The van der Waals surface area contributed by atoms with Gasteiger partial charge in [-0.05, 0) is 53.6 Å². The van der Waals surface area contributed by atoms with E-state index in [4.69, 9.17) is 4.74 Å². The molecule has 6 nitrogen and oxygen atoms in total. The summed E-state index contributed by atoms with van der Waals surface area (Å²) in [5.74, 6) is 0.0132. The Kier molecular flexibility index (Phi) is 6.67. The average molecular weight is 428 g/mol. The first-order valence-electron chi connectivity index (χ1n) is 10.1. The fourth-order valence-electron chi connectivity index (χ4n) is 3.01. The van der Waals surface area contributed by atoms with Crippen LogP contribution in [0.25, 0.3) is 11.3 Å². The number of hydrogen-bond acceptors (Lipinski definition) is 4. The number of hydrazone groups is 1. The first kappa shape index (κ1) is 21.0. The van der Waals surface area contributed by atoms with Crippen molar-refractivity contribution in [1.29, 1.82) is 0 Å². The van der Waals surface area contributed by atoms with E-state index in [0.29, 0.717) is 17.9 Å². The second kappa shape index (κ2) is 10.2. The molecule has 4 rings (SSSR count). The molecule has 0 aliphatic carbocycles. The molecule has 1 heterocycles. The number of aromatic amines is 1. The van der Waals surface area contributed by atoms with Gasteiger partial charge in [-0.15, -0.1) is 0 Å². The molecule has 0 unspecified atom stereocenters. The molecule has 160 valence electrons. The van der Waals surface area contributed by atoms with Gasteiger partial charge in [0.05, 0.1) is 18.5 Å². The van der Waals surface area contributed by atoms with Crippen molar-refractivity contribution in [3.8, 4) is 17.0 Å². The number of H-pyrrole nitrogens is 1. The molecule has 32 heavy (non-hydrogen) atoms. The highest BCUT2D eigenvalue weighted by Crippen LogP contribution is 2.21. The molecule has 0 aliphatic rings. The summed E-state index contributed by atoms with van der Waals surface area (Å²) in [6.45, 7) is 0.592. The Morgan fingerprint density at radius 2 is 1.78 bits per heavy atom. The lowest BCUT2D eigenvalue weighted by Crippen LogP contribution is -2.17. The van der Waals surface area contributed by atoms with Crippen LogP contribution in [0.4, 0.5) is 4.39 Å². The second-order valence-corrected chi connectivity index (χ2v) is 7.03. The maximum absolute atomic E-state index is 12.9. The number of hydrogen-bond donors (Lipinski definition) is 2. The molecule has 0 fully saturated rings. The quantitative estimate of drug-likeness (QED) is 0.318. The minimum atomic E-state index is -0.428. The molecule has 0 aliphatic heterocycles. The van der Waals surface area contributed by atoms with E-state index in [0.717, 1.165) is 17.7 Å². The van der Waals surface area contributed by atoms with Crippen LogP contribution in [-0.4, -0.2) is 28.9 Å². The van der Waals surface area contributed by atoms with Crippen LogP contribution < -0.4 is 10.2 Å². The molecule has 0 spiro atoms. The largest absolute Gasteiger partial charge is 0.493 e. The van der Waals surface area contributed by atoms with Crippen molar-refractivity contribution in [2.75, 3.05) is 6.61 Å². The summed E-state index contributed by atoms with van der Waals surface area (Å²) in [7, 11) is 0. The maximum Gasteiger partial charge on any atom is 0.289 e. The van der Waals surface area contributed by atoms with Crippen LogP contribution in [0, 0.1) is 5.82 Å². The number of ether oxygens (including phenoxy) is 1. The number of nitrogens with one attached hydrogen (secondary N) is 2. The Balaban J connectivity index is 1.30. The Bertz CT molecular complexity index is 1190. The number of rotatable bonds is 8. The summed E-state index contributed by atoms with van der Waals surface area (Å²) in [5, 5.41) is 10.8. The van der Waals surface area contributed by atoms with Crippen molar-refractivity contribution in [3.63, 3.8) is 0 Å². The topological polar surface area (TPSA) is 79.4 Å². The molecular weight excluding hydrogens is 407 g/mol. The molecule has 4 aromatic rings. The lowest BCUT2D eigenvalue weighted by Gasteiger charge is -2.06. The van der Waals surface area contributed by atoms with E-state index < -0.39 is 5.91 Å². The van der Waals surface area contributed by atoms with Crippen molar-refractivity contribution in [1.82, 2.24) is 15.6 Å². The molecular formula is C25H21FN4O2. The molecule has 0 radical (unpaired) electrons. The fourth-order valence-corrected chi connectivity index (χ4v) is 3.01. The lowest BCUT2D eigenvalue weighted by molar-refractivity contribution is 0.0950. The number of aromatic nitrogens is 2. The zero-order valence-electron chi connectivity index (χ0n) is 17.2. The summed E-state index contributed by atoms with van der Waals surface area (Å²) < 4.78 is 18.7. The molecule has 0 saturated carbocycles. The minimum absolute atomic E-state index is 0.277. The molecule has 3 aromatic carbocycles. The van der Waals surface area contributed by atoms with Gasteiger partial charge in [0.1, 0.15) is 17.3 Å². The van der Waals surface area contributed by atoms with E-state index in [-0.39, 0.29) is 11.5 Å². The molecule has 0 saturated heterocycles. The van der Waals surface area contributed by atoms with Crippen LogP contribution in [0.3, 0.4) is 0 Å². The molecule has 1 amide bonds. The standard InChI is InChI=1S/C25H21FN4O2/c26-21-10-6-19(7-11-21)17-27-30-25(31)24-16-23(28-29-24)20-8-12-22(13-9-20)32-15-14-18-4-2-1-3-5-18/h1-13,16-17H,14-15H2,(H,28,29)(H,30,31). The highest BCUT2D eigenvalue weighted by atomic mass is 19.1.